The molecular weight excluding hydrogens is 218 g/mol. The fourth-order valence-electron chi connectivity index (χ4n) is 2.41. The molecule has 1 nitrogen and oxygen atoms in total. The highest BCUT2D eigenvalue weighted by atomic mass is 14.9. The van der Waals surface area contributed by atoms with E-state index in [1.165, 1.54) is 18.4 Å². The third-order valence-corrected chi connectivity index (χ3v) is 3.24. The molecule has 1 aliphatic carbocycles. The standard InChI is InChI=1S/C17H29N/c1-13(2)10-15(5)18-12-17-8-6-16(7-9-17)11-14(3)4/h6,8-9,13-14,16,18H,5,7,10-12H2,1-4H3. The lowest BCUT2D eigenvalue weighted by atomic mass is 9.89. The van der Waals surface area contributed by atoms with Crippen LogP contribution in [-0.2, 0) is 0 Å². The largest absolute Gasteiger partial charge is 0.385 e. The van der Waals surface area contributed by atoms with E-state index in [-0.39, 0.29) is 0 Å². The zero-order valence-corrected chi connectivity index (χ0v) is 12.5. The zero-order chi connectivity index (χ0) is 13.5. The van der Waals surface area contributed by atoms with Gasteiger partial charge in [0.25, 0.3) is 0 Å². The van der Waals surface area contributed by atoms with Crippen LogP contribution in [0.25, 0.3) is 0 Å². The van der Waals surface area contributed by atoms with Crippen molar-refractivity contribution in [1.82, 2.24) is 5.32 Å². The molecule has 0 saturated carbocycles. The van der Waals surface area contributed by atoms with Crippen molar-refractivity contribution in [2.75, 3.05) is 6.54 Å². The van der Waals surface area contributed by atoms with Gasteiger partial charge < -0.3 is 5.32 Å². The Labute approximate surface area is 113 Å². The molecule has 0 saturated heterocycles. The maximum Gasteiger partial charge on any atom is 0.0394 e. The van der Waals surface area contributed by atoms with E-state index in [4.69, 9.17) is 0 Å². The second-order valence-electron chi connectivity index (χ2n) is 6.32. The van der Waals surface area contributed by atoms with Crippen LogP contribution in [0, 0.1) is 17.8 Å². The van der Waals surface area contributed by atoms with Gasteiger partial charge in [-0.15, -0.1) is 0 Å². The van der Waals surface area contributed by atoms with Gasteiger partial charge >= 0.3 is 0 Å². The van der Waals surface area contributed by atoms with Crippen LogP contribution in [-0.4, -0.2) is 6.54 Å². The Morgan fingerprint density at radius 1 is 1.33 bits per heavy atom. The first kappa shape index (κ1) is 15.1. The van der Waals surface area contributed by atoms with Gasteiger partial charge in [0, 0.05) is 12.2 Å². The van der Waals surface area contributed by atoms with Gasteiger partial charge in [-0.25, -0.2) is 0 Å². The second-order valence-corrected chi connectivity index (χ2v) is 6.32. The molecule has 0 fully saturated rings. The lowest BCUT2D eigenvalue weighted by Gasteiger charge is -2.19. The summed E-state index contributed by atoms with van der Waals surface area (Å²) in [5.74, 6) is 2.21. The van der Waals surface area contributed by atoms with Crippen molar-refractivity contribution in [3.8, 4) is 0 Å². The molecule has 0 aromatic heterocycles. The van der Waals surface area contributed by atoms with Gasteiger partial charge in [-0.1, -0.05) is 52.5 Å². The number of hydrogen-bond acceptors (Lipinski definition) is 1. The summed E-state index contributed by atoms with van der Waals surface area (Å²) < 4.78 is 0. The van der Waals surface area contributed by atoms with Crippen molar-refractivity contribution in [2.45, 2.75) is 47.0 Å². The summed E-state index contributed by atoms with van der Waals surface area (Å²) in [6, 6.07) is 0. The predicted octanol–water partition coefficient (Wildman–Crippen LogP) is 4.68. The molecule has 0 spiro atoms. The van der Waals surface area contributed by atoms with Gasteiger partial charge in [-0.05, 0) is 42.6 Å². The number of rotatable bonds is 7. The van der Waals surface area contributed by atoms with Gasteiger partial charge in [-0.3, -0.25) is 0 Å². The normalized spacial score (nSPS) is 19.2. The van der Waals surface area contributed by atoms with E-state index in [2.05, 4.69) is 57.8 Å². The van der Waals surface area contributed by atoms with Crippen molar-refractivity contribution < 1.29 is 0 Å². The van der Waals surface area contributed by atoms with Gasteiger partial charge in [-0.2, -0.15) is 0 Å². The van der Waals surface area contributed by atoms with Crippen molar-refractivity contribution in [3.63, 3.8) is 0 Å². The fourth-order valence-corrected chi connectivity index (χ4v) is 2.41. The molecule has 0 amide bonds. The van der Waals surface area contributed by atoms with Gasteiger partial charge in [0.05, 0.1) is 0 Å². The van der Waals surface area contributed by atoms with Crippen LogP contribution >= 0.6 is 0 Å². The molecule has 0 bridgehead atoms. The molecular formula is C17H29N. The number of allylic oxidation sites excluding steroid dienone is 3. The minimum absolute atomic E-state index is 0.677. The molecule has 0 aliphatic heterocycles. The van der Waals surface area contributed by atoms with Crippen LogP contribution in [0.2, 0.25) is 0 Å². The zero-order valence-electron chi connectivity index (χ0n) is 12.5. The maximum absolute atomic E-state index is 4.07. The molecule has 1 unspecified atom stereocenters. The van der Waals surface area contributed by atoms with Crippen molar-refractivity contribution in [2.24, 2.45) is 17.8 Å². The molecule has 0 aromatic carbocycles. The number of hydrogen-bond donors (Lipinski definition) is 1. The molecule has 1 rings (SSSR count). The molecule has 1 heteroatoms. The highest BCUT2D eigenvalue weighted by Crippen LogP contribution is 2.22. The van der Waals surface area contributed by atoms with Crippen LogP contribution < -0.4 is 5.32 Å². The second kappa shape index (κ2) is 7.45. The highest BCUT2D eigenvalue weighted by Gasteiger charge is 2.10. The summed E-state index contributed by atoms with van der Waals surface area (Å²) in [4.78, 5) is 0. The van der Waals surface area contributed by atoms with Crippen LogP contribution in [0.15, 0.2) is 36.1 Å². The minimum Gasteiger partial charge on any atom is -0.385 e. The Hall–Kier alpha value is -0.980. The lowest BCUT2D eigenvalue weighted by molar-refractivity contribution is 0.475. The molecule has 0 aromatic rings. The smallest absolute Gasteiger partial charge is 0.0394 e. The van der Waals surface area contributed by atoms with E-state index >= 15 is 0 Å². The van der Waals surface area contributed by atoms with Crippen LogP contribution in [0.3, 0.4) is 0 Å². The van der Waals surface area contributed by atoms with E-state index in [0.717, 1.165) is 30.5 Å². The summed E-state index contributed by atoms with van der Waals surface area (Å²) in [5, 5.41) is 3.43. The third kappa shape index (κ3) is 6.09. The fraction of sp³-hybridized carbons (Fsp3) is 0.647. The van der Waals surface area contributed by atoms with Gasteiger partial charge in [0.1, 0.15) is 0 Å². The predicted molar refractivity (Wildman–Crippen MR) is 81.4 cm³/mol. The van der Waals surface area contributed by atoms with Crippen LogP contribution in [0.1, 0.15) is 47.0 Å². The average Bonchev–Trinajstić information content (AvgIpc) is 2.26. The van der Waals surface area contributed by atoms with Crippen LogP contribution in [0.5, 0.6) is 0 Å². The summed E-state index contributed by atoms with van der Waals surface area (Å²) in [7, 11) is 0. The van der Waals surface area contributed by atoms with Crippen LogP contribution in [0.4, 0.5) is 0 Å². The summed E-state index contributed by atoms with van der Waals surface area (Å²) in [6.07, 6.45) is 10.6. The Kier molecular flexibility index (Phi) is 6.24. The Morgan fingerprint density at radius 2 is 2.06 bits per heavy atom. The van der Waals surface area contributed by atoms with Gasteiger partial charge in [0.15, 0.2) is 0 Å². The molecule has 1 atom stereocenters. The van der Waals surface area contributed by atoms with E-state index in [0.29, 0.717) is 5.92 Å². The summed E-state index contributed by atoms with van der Waals surface area (Å²) >= 11 is 0. The van der Waals surface area contributed by atoms with Crippen molar-refractivity contribution in [3.05, 3.63) is 36.1 Å². The summed E-state index contributed by atoms with van der Waals surface area (Å²) in [6.45, 7) is 14.0. The van der Waals surface area contributed by atoms with Crippen molar-refractivity contribution in [1.29, 1.82) is 0 Å². The van der Waals surface area contributed by atoms with E-state index < -0.39 is 0 Å². The average molecular weight is 247 g/mol. The first-order valence-corrected chi connectivity index (χ1v) is 7.26. The quantitative estimate of drug-likeness (QED) is 0.688. The highest BCUT2D eigenvalue weighted by molar-refractivity contribution is 5.25. The topological polar surface area (TPSA) is 12.0 Å². The Morgan fingerprint density at radius 3 is 2.56 bits per heavy atom. The molecule has 1 aliphatic rings. The Balaban J connectivity index is 2.28. The molecule has 0 heterocycles. The van der Waals surface area contributed by atoms with E-state index in [1.54, 1.807) is 0 Å². The SMILES string of the molecule is C=C(CC(C)C)NCC1=CCC(CC(C)C)C=C1. The lowest BCUT2D eigenvalue weighted by Crippen LogP contribution is -2.17. The molecule has 0 radical (unpaired) electrons. The Bertz CT molecular complexity index is 321. The molecule has 18 heavy (non-hydrogen) atoms. The van der Waals surface area contributed by atoms with E-state index in [9.17, 15) is 0 Å². The summed E-state index contributed by atoms with van der Waals surface area (Å²) in [5.41, 5.74) is 2.56. The first-order chi connectivity index (χ1) is 8.47. The first-order valence-electron chi connectivity index (χ1n) is 7.26. The third-order valence-electron chi connectivity index (χ3n) is 3.24. The van der Waals surface area contributed by atoms with Crippen molar-refractivity contribution >= 4 is 0 Å². The maximum atomic E-state index is 4.07. The monoisotopic (exact) mass is 247 g/mol. The number of nitrogens with one attached hydrogen (secondary N) is 1. The van der Waals surface area contributed by atoms with E-state index in [1.807, 2.05) is 0 Å². The molecule has 102 valence electrons. The van der Waals surface area contributed by atoms with Gasteiger partial charge in [0.2, 0.25) is 0 Å². The minimum atomic E-state index is 0.677. The molecule has 1 N–H and O–H groups in total.